The monoisotopic (exact) mass is 434 g/mol. The van der Waals surface area contributed by atoms with E-state index in [0.29, 0.717) is 13.2 Å². The number of ether oxygens (including phenoxy) is 4. The zero-order chi connectivity index (χ0) is 21.7. The third-order valence-electron chi connectivity index (χ3n) is 7.25. The van der Waals surface area contributed by atoms with Crippen LogP contribution in [-0.2, 0) is 20.6 Å². The van der Waals surface area contributed by atoms with Gasteiger partial charge in [-0.25, -0.2) is 4.90 Å². The van der Waals surface area contributed by atoms with Crippen molar-refractivity contribution in [3.63, 3.8) is 0 Å². The second-order valence-electron chi connectivity index (χ2n) is 9.44. The zero-order valence-electron chi connectivity index (χ0n) is 19.0. The van der Waals surface area contributed by atoms with E-state index in [1.165, 1.54) is 32.1 Å². The minimum Gasteiger partial charge on any atom is -0.493 e. The lowest BCUT2D eigenvalue weighted by atomic mass is 9.72. The van der Waals surface area contributed by atoms with Gasteiger partial charge < -0.3 is 24.1 Å². The molecule has 7 nitrogen and oxygen atoms in total. The van der Waals surface area contributed by atoms with Gasteiger partial charge in [0, 0.05) is 44.6 Å². The number of likely N-dealkylation sites (tertiary alicyclic amines) is 1. The highest BCUT2D eigenvalue weighted by Crippen LogP contribution is 2.45. The summed E-state index contributed by atoms with van der Waals surface area (Å²) in [7, 11) is 3.28. The van der Waals surface area contributed by atoms with E-state index >= 15 is 0 Å². The van der Waals surface area contributed by atoms with Gasteiger partial charge in [0.05, 0.1) is 6.61 Å². The van der Waals surface area contributed by atoms with Gasteiger partial charge in [0.2, 0.25) is 0 Å². The lowest BCUT2D eigenvalue weighted by Gasteiger charge is -2.60. The first-order valence-electron chi connectivity index (χ1n) is 11.8. The van der Waals surface area contributed by atoms with Crippen LogP contribution in [0.1, 0.15) is 57.1 Å². The molecule has 1 saturated heterocycles. The van der Waals surface area contributed by atoms with Crippen molar-refractivity contribution in [1.29, 1.82) is 0 Å². The summed E-state index contributed by atoms with van der Waals surface area (Å²) in [6, 6.07) is 3.95. The lowest BCUT2D eigenvalue weighted by Crippen LogP contribution is -2.78. The number of aromatic nitrogens is 1. The van der Waals surface area contributed by atoms with E-state index in [9.17, 15) is 5.11 Å². The molecule has 7 heteroatoms. The molecule has 2 heterocycles. The smallest absolute Gasteiger partial charge is 0.147 e. The van der Waals surface area contributed by atoms with Crippen molar-refractivity contribution in [2.75, 3.05) is 34.4 Å². The fourth-order valence-corrected chi connectivity index (χ4v) is 4.99. The Bertz CT molecular complexity index is 696. The van der Waals surface area contributed by atoms with Gasteiger partial charge in [-0.05, 0) is 37.2 Å². The van der Waals surface area contributed by atoms with Gasteiger partial charge >= 0.3 is 0 Å². The molecule has 3 atom stereocenters. The van der Waals surface area contributed by atoms with Crippen LogP contribution in [0.2, 0.25) is 0 Å². The number of rotatable bonds is 14. The maximum atomic E-state index is 11.1. The Morgan fingerprint density at radius 2 is 1.90 bits per heavy atom. The fourth-order valence-electron chi connectivity index (χ4n) is 4.99. The highest BCUT2D eigenvalue weighted by molar-refractivity contribution is 5.26. The summed E-state index contributed by atoms with van der Waals surface area (Å²) < 4.78 is 22.8. The first-order chi connectivity index (χ1) is 15.2. The number of pyridine rings is 1. The fraction of sp³-hybridized carbons (Fsp3) is 0.792. The SMILES string of the molecule is COCO[C@@]1(Cc2cc(OCCC3CC3)ccn2)C(O)N(COC)[C@H]1CCC1CCC1. The molecule has 4 rings (SSSR count). The third kappa shape index (κ3) is 5.40. The van der Waals surface area contributed by atoms with Crippen LogP contribution in [-0.4, -0.2) is 67.2 Å². The van der Waals surface area contributed by atoms with Crippen molar-refractivity contribution in [2.24, 2.45) is 11.8 Å². The predicted molar refractivity (Wildman–Crippen MR) is 117 cm³/mol. The van der Waals surface area contributed by atoms with Crippen LogP contribution in [0.4, 0.5) is 0 Å². The molecule has 3 fully saturated rings. The third-order valence-corrected chi connectivity index (χ3v) is 7.25. The van der Waals surface area contributed by atoms with Crippen molar-refractivity contribution in [3.05, 3.63) is 24.0 Å². The highest BCUT2D eigenvalue weighted by atomic mass is 16.7. The number of hydrogen-bond acceptors (Lipinski definition) is 7. The van der Waals surface area contributed by atoms with E-state index in [-0.39, 0.29) is 12.8 Å². The van der Waals surface area contributed by atoms with Gasteiger partial charge in [-0.1, -0.05) is 32.1 Å². The molecule has 0 bridgehead atoms. The van der Waals surface area contributed by atoms with Gasteiger partial charge in [-0.15, -0.1) is 0 Å². The van der Waals surface area contributed by atoms with E-state index in [4.69, 9.17) is 18.9 Å². The Kier molecular flexibility index (Phi) is 7.82. The largest absolute Gasteiger partial charge is 0.493 e. The highest BCUT2D eigenvalue weighted by Gasteiger charge is 2.61. The standard InChI is InChI=1S/C24H38N2O5/c1-28-16-26-22(9-8-18-4-3-5-18)24(23(26)27,31-17-29-2)15-20-14-21(10-12-25-20)30-13-11-19-6-7-19/h10,12,14,18-19,22-23,27H,3-9,11,13,15-17H2,1-2H3/t22-,23?,24+/m0/s1. The number of hydrogen-bond donors (Lipinski definition) is 1. The van der Waals surface area contributed by atoms with Crippen molar-refractivity contribution >= 4 is 0 Å². The quantitative estimate of drug-likeness (QED) is 0.450. The first-order valence-corrected chi connectivity index (χ1v) is 11.8. The van der Waals surface area contributed by atoms with E-state index < -0.39 is 11.8 Å². The molecule has 31 heavy (non-hydrogen) atoms. The van der Waals surface area contributed by atoms with Crippen molar-refractivity contribution in [2.45, 2.75) is 75.7 Å². The van der Waals surface area contributed by atoms with E-state index in [0.717, 1.165) is 49.1 Å². The Morgan fingerprint density at radius 1 is 1.10 bits per heavy atom. The number of nitrogens with zero attached hydrogens (tertiary/aromatic N) is 2. The second kappa shape index (κ2) is 10.6. The van der Waals surface area contributed by atoms with Crippen molar-refractivity contribution in [1.82, 2.24) is 9.88 Å². The molecule has 1 aliphatic heterocycles. The number of methoxy groups -OCH3 is 2. The van der Waals surface area contributed by atoms with Gasteiger partial charge in [0.15, 0.2) is 0 Å². The van der Waals surface area contributed by atoms with Crippen LogP contribution in [0, 0.1) is 11.8 Å². The Labute approximate surface area is 186 Å². The van der Waals surface area contributed by atoms with Crippen LogP contribution in [0.5, 0.6) is 5.75 Å². The van der Waals surface area contributed by atoms with Crippen LogP contribution in [0.3, 0.4) is 0 Å². The van der Waals surface area contributed by atoms with Crippen LogP contribution in [0.25, 0.3) is 0 Å². The molecule has 3 aliphatic rings. The predicted octanol–water partition coefficient (Wildman–Crippen LogP) is 3.35. The van der Waals surface area contributed by atoms with E-state index in [1.807, 2.05) is 17.0 Å². The molecule has 0 spiro atoms. The minimum atomic E-state index is -0.768. The molecule has 2 saturated carbocycles. The normalized spacial score (nSPS) is 28.9. The number of aliphatic hydroxyl groups is 1. The van der Waals surface area contributed by atoms with Crippen LogP contribution in [0.15, 0.2) is 18.3 Å². The van der Waals surface area contributed by atoms with Gasteiger partial charge in [-0.3, -0.25) is 4.98 Å². The summed E-state index contributed by atoms with van der Waals surface area (Å²) in [5, 5.41) is 11.1. The maximum Gasteiger partial charge on any atom is 0.147 e. The van der Waals surface area contributed by atoms with Crippen molar-refractivity contribution in [3.8, 4) is 5.75 Å². The lowest BCUT2D eigenvalue weighted by molar-refractivity contribution is -0.331. The molecule has 1 aromatic rings. The van der Waals surface area contributed by atoms with E-state index in [2.05, 4.69) is 4.98 Å². The summed E-state index contributed by atoms with van der Waals surface area (Å²) in [6.45, 7) is 1.26. The minimum absolute atomic E-state index is 0.0550. The summed E-state index contributed by atoms with van der Waals surface area (Å²) in [5.41, 5.74) is 0.0996. The molecule has 1 unspecified atom stereocenters. The van der Waals surface area contributed by atoms with Crippen LogP contribution >= 0.6 is 0 Å². The molecule has 1 aromatic heterocycles. The van der Waals surface area contributed by atoms with E-state index in [1.54, 1.807) is 20.4 Å². The second-order valence-corrected chi connectivity index (χ2v) is 9.44. The average Bonchev–Trinajstić information content (AvgIpc) is 3.56. The number of aliphatic hydroxyl groups excluding tert-OH is 1. The zero-order valence-corrected chi connectivity index (χ0v) is 19.0. The molecular formula is C24H38N2O5. The summed E-state index contributed by atoms with van der Waals surface area (Å²) in [5.74, 6) is 2.48. The Balaban J connectivity index is 1.46. The summed E-state index contributed by atoms with van der Waals surface area (Å²) >= 11 is 0. The molecular weight excluding hydrogens is 396 g/mol. The molecule has 0 radical (unpaired) electrons. The summed E-state index contributed by atoms with van der Waals surface area (Å²) in [4.78, 5) is 6.56. The van der Waals surface area contributed by atoms with Crippen molar-refractivity contribution < 1.29 is 24.1 Å². The molecule has 2 aliphatic carbocycles. The molecule has 0 amide bonds. The van der Waals surface area contributed by atoms with Crippen LogP contribution < -0.4 is 4.74 Å². The van der Waals surface area contributed by atoms with Gasteiger partial charge in [0.1, 0.15) is 31.1 Å². The maximum absolute atomic E-state index is 11.1. The molecule has 1 N–H and O–H groups in total. The summed E-state index contributed by atoms with van der Waals surface area (Å²) in [6.07, 6.45) is 11.4. The van der Waals surface area contributed by atoms with Gasteiger partial charge in [-0.2, -0.15) is 0 Å². The Hall–Kier alpha value is -1.25. The topological polar surface area (TPSA) is 73.3 Å². The molecule has 174 valence electrons. The first kappa shape index (κ1) is 22.9. The Morgan fingerprint density at radius 3 is 2.58 bits per heavy atom. The molecule has 0 aromatic carbocycles. The van der Waals surface area contributed by atoms with Gasteiger partial charge in [0.25, 0.3) is 0 Å². The average molecular weight is 435 g/mol.